The molecule has 0 aromatic heterocycles. The average molecular weight is 467 g/mol. The molecule has 170 valence electrons. The van der Waals surface area contributed by atoms with Gasteiger partial charge in [-0.15, -0.1) is 5.11 Å². The Kier molecular flexibility index (Phi) is 5.46. The van der Waals surface area contributed by atoms with E-state index in [1.165, 1.54) is 6.07 Å². The highest BCUT2D eigenvalue weighted by molar-refractivity contribution is 7.89. The van der Waals surface area contributed by atoms with Crippen molar-refractivity contribution >= 4 is 15.9 Å². The minimum absolute atomic E-state index is 0.0935. The Morgan fingerprint density at radius 1 is 1.09 bits per heavy atom. The monoisotopic (exact) mass is 466 g/mol. The molecule has 1 atom stereocenters. The first-order valence-electron chi connectivity index (χ1n) is 9.98. The van der Waals surface area contributed by atoms with Crippen molar-refractivity contribution < 1.29 is 26.1 Å². The lowest BCUT2D eigenvalue weighted by molar-refractivity contribution is -0.878. The number of rotatable bonds is 4. The van der Waals surface area contributed by atoms with E-state index in [-0.39, 0.29) is 23.6 Å². The summed E-state index contributed by atoms with van der Waals surface area (Å²) in [5, 5.41) is 12.7. The molecule has 1 fully saturated rings. The van der Waals surface area contributed by atoms with Crippen LogP contribution in [0, 0.1) is 0 Å². The van der Waals surface area contributed by atoms with Crippen LogP contribution in [0.4, 0.5) is 13.2 Å². The summed E-state index contributed by atoms with van der Waals surface area (Å²) in [5.41, 5.74) is 0.284. The highest BCUT2D eigenvalue weighted by Gasteiger charge is 2.40. The largest absolute Gasteiger partial charge is 0.417 e. The van der Waals surface area contributed by atoms with Gasteiger partial charge in [-0.2, -0.15) is 18.3 Å². The maximum absolute atomic E-state index is 13.7. The number of likely N-dealkylation sites (N-methyl/N-ethyl adjacent to an activating group) is 1. The number of quaternary nitrogens is 1. The summed E-state index contributed by atoms with van der Waals surface area (Å²) < 4.78 is 66.5. The average Bonchev–Trinajstić information content (AvgIpc) is 3.35. The molecule has 2 aliphatic rings. The van der Waals surface area contributed by atoms with Crippen LogP contribution >= 0.6 is 0 Å². The zero-order valence-corrected chi connectivity index (χ0v) is 18.4. The van der Waals surface area contributed by atoms with Crippen LogP contribution < -0.4 is 5.14 Å². The first-order valence-corrected chi connectivity index (χ1v) is 11.5. The van der Waals surface area contributed by atoms with Crippen molar-refractivity contribution in [2.24, 2.45) is 20.4 Å². The number of amidine groups is 1. The lowest BCUT2D eigenvalue weighted by Crippen LogP contribution is -2.36. The third kappa shape index (κ3) is 4.32. The molecule has 0 saturated carbocycles. The summed E-state index contributed by atoms with van der Waals surface area (Å²) in [6, 6.07) is 9.38. The molecule has 0 bridgehead atoms. The van der Waals surface area contributed by atoms with Gasteiger partial charge in [-0.25, -0.2) is 18.5 Å². The number of alkyl halides is 3. The topological polar surface area (TPSA) is 97.2 Å². The van der Waals surface area contributed by atoms with E-state index in [9.17, 15) is 21.6 Å². The maximum atomic E-state index is 13.7. The van der Waals surface area contributed by atoms with Crippen molar-refractivity contribution in [2.75, 3.05) is 33.9 Å². The Bertz CT molecular complexity index is 1220. The summed E-state index contributed by atoms with van der Waals surface area (Å²) in [4.78, 5) is 2.94. The summed E-state index contributed by atoms with van der Waals surface area (Å²) in [7, 11) is -0.404. The van der Waals surface area contributed by atoms with Crippen LogP contribution in [0.15, 0.2) is 56.5 Å². The second-order valence-electron chi connectivity index (χ2n) is 8.72. The normalized spacial score (nSPS) is 20.6. The molecule has 4 rings (SSSR count). The molecule has 2 heterocycles. The molecule has 0 spiro atoms. The second-order valence-corrected chi connectivity index (χ2v) is 10.2. The highest BCUT2D eigenvalue weighted by atomic mass is 32.2. The van der Waals surface area contributed by atoms with Crippen molar-refractivity contribution in [2.45, 2.75) is 23.4 Å². The van der Waals surface area contributed by atoms with Crippen LogP contribution in [0.3, 0.4) is 0 Å². The zero-order valence-electron chi connectivity index (χ0n) is 17.6. The number of nitrogens with zero attached hydrogens (tertiary/aromatic N) is 4. The Morgan fingerprint density at radius 3 is 2.28 bits per heavy atom. The number of primary sulfonamides is 1. The van der Waals surface area contributed by atoms with Crippen LogP contribution in [0.25, 0.3) is 11.1 Å². The van der Waals surface area contributed by atoms with Gasteiger partial charge in [0.05, 0.1) is 32.7 Å². The van der Waals surface area contributed by atoms with Gasteiger partial charge in [0.25, 0.3) is 0 Å². The molecule has 11 heteroatoms. The fourth-order valence-corrected chi connectivity index (χ4v) is 5.39. The molecular formula is C21H23F3N5O2S+. The number of sulfonamides is 1. The molecule has 1 unspecified atom stereocenters. The van der Waals surface area contributed by atoms with Crippen LogP contribution in [-0.4, -0.2) is 52.6 Å². The van der Waals surface area contributed by atoms with Gasteiger partial charge in [0.2, 0.25) is 10.0 Å². The van der Waals surface area contributed by atoms with Gasteiger partial charge in [0, 0.05) is 17.9 Å². The molecule has 2 N–H and O–H groups in total. The first-order chi connectivity index (χ1) is 14.9. The lowest BCUT2D eigenvalue weighted by Gasteiger charge is -2.23. The molecule has 2 aliphatic heterocycles. The van der Waals surface area contributed by atoms with E-state index in [2.05, 4.69) is 29.3 Å². The smallest absolute Gasteiger partial charge is 0.328 e. The van der Waals surface area contributed by atoms with Gasteiger partial charge in [-0.3, -0.25) is 0 Å². The minimum atomic E-state index is -4.93. The first kappa shape index (κ1) is 22.6. The Hall–Kier alpha value is -2.63. The predicted molar refractivity (Wildman–Crippen MR) is 114 cm³/mol. The number of hydrogen-bond donors (Lipinski definition) is 1. The zero-order chi connectivity index (χ0) is 23.3. The molecule has 1 saturated heterocycles. The summed E-state index contributed by atoms with van der Waals surface area (Å²) in [5.74, 6) is 0.202. The summed E-state index contributed by atoms with van der Waals surface area (Å²) in [6.07, 6.45) is -3.88. The summed E-state index contributed by atoms with van der Waals surface area (Å²) >= 11 is 0. The lowest BCUT2D eigenvalue weighted by atomic mass is 9.92. The van der Waals surface area contributed by atoms with Crippen molar-refractivity contribution in [1.29, 1.82) is 0 Å². The van der Waals surface area contributed by atoms with Crippen molar-refractivity contribution in [3.63, 3.8) is 0 Å². The number of likely N-dealkylation sites (tertiary alicyclic amines) is 1. The second kappa shape index (κ2) is 7.75. The number of nitrogens with two attached hydrogens (primary N) is 1. The van der Waals surface area contributed by atoms with Crippen molar-refractivity contribution in [3.05, 3.63) is 53.1 Å². The number of azo groups is 1. The molecule has 0 radical (unpaired) electrons. The molecule has 0 aliphatic carbocycles. The quantitative estimate of drug-likeness (QED) is 0.695. The van der Waals surface area contributed by atoms with Crippen LogP contribution in [0.5, 0.6) is 0 Å². The third-order valence-corrected chi connectivity index (χ3v) is 6.90. The van der Waals surface area contributed by atoms with Gasteiger partial charge in [0.15, 0.2) is 12.5 Å². The molecule has 7 nitrogen and oxygen atoms in total. The van der Waals surface area contributed by atoms with E-state index >= 15 is 0 Å². The van der Waals surface area contributed by atoms with Gasteiger partial charge in [0.1, 0.15) is 4.90 Å². The molecule has 2 aromatic carbocycles. The minimum Gasteiger partial charge on any atom is -0.328 e. The van der Waals surface area contributed by atoms with Crippen molar-refractivity contribution in [3.8, 4) is 11.1 Å². The van der Waals surface area contributed by atoms with E-state index in [1.807, 2.05) is 12.1 Å². The Labute approximate surface area is 184 Å². The highest BCUT2D eigenvalue weighted by Crippen LogP contribution is 2.40. The Balaban J connectivity index is 1.87. The van der Waals surface area contributed by atoms with Crippen LogP contribution in [-0.2, 0) is 16.2 Å². The summed E-state index contributed by atoms with van der Waals surface area (Å²) in [6.45, 7) is 1.97. The fourth-order valence-electron chi connectivity index (χ4n) is 4.41. The molecule has 32 heavy (non-hydrogen) atoms. The molecule has 0 amide bonds. The van der Waals surface area contributed by atoms with Crippen LogP contribution in [0.2, 0.25) is 0 Å². The van der Waals surface area contributed by atoms with E-state index in [0.29, 0.717) is 11.5 Å². The predicted octanol–water partition coefficient (Wildman–Crippen LogP) is 3.75. The Morgan fingerprint density at radius 2 is 1.78 bits per heavy atom. The van der Waals surface area contributed by atoms with E-state index < -0.39 is 26.7 Å². The maximum Gasteiger partial charge on any atom is 0.417 e. The van der Waals surface area contributed by atoms with Crippen LogP contribution in [0.1, 0.15) is 29.0 Å². The number of halogens is 3. The van der Waals surface area contributed by atoms with Gasteiger partial charge < -0.3 is 4.48 Å². The molecule has 2 aromatic rings. The van der Waals surface area contributed by atoms with Gasteiger partial charge >= 0.3 is 6.18 Å². The van der Waals surface area contributed by atoms with Gasteiger partial charge in [-0.1, -0.05) is 30.3 Å². The fraction of sp³-hybridized carbons (Fsp3) is 0.381. The van der Waals surface area contributed by atoms with Crippen molar-refractivity contribution in [1.82, 2.24) is 0 Å². The SMILES string of the molecule is C[N+]1(C)CCC(c2ccc(-c3ccc(C(F)(F)F)c(S(N)(=O)=O)c3C3=NCN=N3)cc2)C1. The number of hydrogen-bond acceptors (Lipinski definition) is 5. The third-order valence-electron chi connectivity index (χ3n) is 5.91. The number of benzene rings is 2. The van der Waals surface area contributed by atoms with E-state index in [4.69, 9.17) is 5.14 Å². The number of aliphatic imine (C=N–C) groups is 1. The molecular weight excluding hydrogens is 443 g/mol. The van der Waals surface area contributed by atoms with E-state index in [1.54, 1.807) is 12.1 Å². The standard InChI is InChI=1S/C21H23F3N5O2S/c1-29(2)10-9-15(11-29)13-3-5-14(6-4-13)16-7-8-17(21(22,23)24)19(32(25,30)31)18(16)20-26-12-27-28-20/h3-8,15H,9-12H2,1-2H3,(H2,25,30,31)/q+1. The van der Waals surface area contributed by atoms with Gasteiger partial charge in [-0.05, 0) is 22.8 Å². The van der Waals surface area contributed by atoms with E-state index in [0.717, 1.165) is 35.6 Å².